The molecular weight excluding hydrogens is 472 g/mol. The van der Waals surface area contributed by atoms with Crippen molar-refractivity contribution in [3.8, 4) is 17.2 Å². The van der Waals surface area contributed by atoms with Gasteiger partial charge in [0.2, 0.25) is 6.79 Å². The number of hydrogen-bond donors (Lipinski definition) is 2. The number of H-pyrrole nitrogens is 1. The first-order valence-corrected chi connectivity index (χ1v) is 12.0. The van der Waals surface area contributed by atoms with Crippen LogP contribution in [0, 0.1) is 0 Å². The summed E-state index contributed by atoms with van der Waals surface area (Å²) in [5.41, 5.74) is 2.41. The number of hydrogen-bond acceptors (Lipinski definition) is 6. The number of rotatable bonds is 5. The van der Waals surface area contributed by atoms with Crippen LogP contribution in [0.3, 0.4) is 0 Å². The Kier molecular flexibility index (Phi) is 5.37. The number of anilines is 1. The highest BCUT2D eigenvalue weighted by molar-refractivity contribution is 6.52. The smallest absolute Gasteiger partial charge is 0.300 e. The van der Waals surface area contributed by atoms with E-state index in [4.69, 9.17) is 14.2 Å². The van der Waals surface area contributed by atoms with E-state index in [0.717, 1.165) is 10.9 Å². The number of para-hydroxylation sites is 1. The molecule has 1 atom stereocenters. The largest absolute Gasteiger partial charge is 0.507 e. The van der Waals surface area contributed by atoms with E-state index >= 15 is 0 Å². The van der Waals surface area contributed by atoms with E-state index in [1.165, 1.54) is 4.90 Å². The summed E-state index contributed by atoms with van der Waals surface area (Å²) >= 11 is 0. The minimum Gasteiger partial charge on any atom is -0.507 e. The van der Waals surface area contributed by atoms with Crippen LogP contribution < -0.4 is 19.1 Å². The molecule has 0 bridgehead atoms. The van der Waals surface area contributed by atoms with Gasteiger partial charge in [-0.05, 0) is 56.3 Å². The van der Waals surface area contributed by atoms with Crippen LogP contribution in [0.5, 0.6) is 17.2 Å². The number of ether oxygens (including phenoxy) is 3. The molecule has 2 aliphatic heterocycles. The molecule has 2 N–H and O–H groups in total. The van der Waals surface area contributed by atoms with E-state index in [-0.39, 0.29) is 24.2 Å². The molecule has 6 rings (SSSR count). The number of aliphatic hydroxyl groups excluding tert-OH is 1. The standard InChI is InChI=1S/C29H24N2O6/c1-16(2)37-19-10-7-17(8-11-19)27(32)25-26(21-14-30-22-6-4-3-5-20(21)22)31(29(34)28(25)33)18-9-12-23-24(13-18)36-15-35-23/h3-14,16,26,30,32H,15H2,1-2H3/b27-25+. The molecule has 186 valence electrons. The fourth-order valence-corrected chi connectivity index (χ4v) is 4.87. The molecule has 2 aliphatic rings. The molecule has 0 radical (unpaired) electrons. The first kappa shape index (κ1) is 22.7. The van der Waals surface area contributed by atoms with Gasteiger partial charge in [-0.15, -0.1) is 0 Å². The van der Waals surface area contributed by atoms with Crippen LogP contribution in [-0.2, 0) is 9.59 Å². The van der Waals surface area contributed by atoms with Crippen molar-refractivity contribution >= 4 is 34.0 Å². The van der Waals surface area contributed by atoms with Gasteiger partial charge in [0, 0.05) is 40.0 Å². The second-order valence-corrected chi connectivity index (χ2v) is 9.19. The van der Waals surface area contributed by atoms with Gasteiger partial charge >= 0.3 is 0 Å². The van der Waals surface area contributed by atoms with Crippen LogP contribution in [0.25, 0.3) is 16.7 Å². The summed E-state index contributed by atoms with van der Waals surface area (Å²) in [7, 11) is 0. The highest BCUT2D eigenvalue weighted by atomic mass is 16.7. The molecule has 4 aromatic rings. The monoisotopic (exact) mass is 496 g/mol. The summed E-state index contributed by atoms with van der Waals surface area (Å²) in [6.07, 6.45) is 1.77. The summed E-state index contributed by atoms with van der Waals surface area (Å²) in [4.78, 5) is 31.6. The quantitative estimate of drug-likeness (QED) is 0.221. The van der Waals surface area contributed by atoms with Crippen molar-refractivity contribution in [2.45, 2.75) is 26.0 Å². The average molecular weight is 497 g/mol. The van der Waals surface area contributed by atoms with Crippen LogP contribution >= 0.6 is 0 Å². The van der Waals surface area contributed by atoms with Gasteiger partial charge in [0.15, 0.2) is 11.5 Å². The molecule has 3 aromatic carbocycles. The number of fused-ring (bicyclic) bond motifs is 2. The highest BCUT2D eigenvalue weighted by Gasteiger charge is 2.48. The maximum atomic E-state index is 13.5. The lowest BCUT2D eigenvalue weighted by molar-refractivity contribution is -0.132. The Hall–Kier alpha value is -4.72. The van der Waals surface area contributed by atoms with Crippen molar-refractivity contribution in [1.29, 1.82) is 0 Å². The van der Waals surface area contributed by atoms with E-state index in [1.54, 1.807) is 48.7 Å². The second kappa shape index (κ2) is 8.74. The Bertz CT molecular complexity index is 1570. The van der Waals surface area contributed by atoms with Crippen molar-refractivity contribution in [3.05, 3.63) is 89.6 Å². The topological polar surface area (TPSA) is 101 Å². The number of carbonyl (C=O) groups excluding carboxylic acids is 2. The van der Waals surface area contributed by atoms with Gasteiger partial charge in [-0.25, -0.2) is 0 Å². The SMILES string of the molecule is CC(C)Oc1ccc(/C(O)=C2\C(=O)C(=O)N(c3ccc4c(c3)OCO4)C2c2c[nH]c3ccccc23)cc1. The number of nitrogens with zero attached hydrogens (tertiary/aromatic N) is 1. The first-order chi connectivity index (χ1) is 17.9. The van der Waals surface area contributed by atoms with Gasteiger partial charge in [-0.1, -0.05) is 18.2 Å². The summed E-state index contributed by atoms with van der Waals surface area (Å²) in [6.45, 7) is 3.93. The summed E-state index contributed by atoms with van der Waals surface area (Å²) in [5.74, 6) is -0.0811. The first-order valence-electron chi connectivity index (χ1n) is 12.0. The number of ketones is 1. The van der Waals surface area contributed by atoms with Gasteiger partial charge in [0.05, 0.1) is 17.7 Å². The number of aromatic amines is 1. The molecule has 1 saturated heterocycles. The molecule has 1 amide bonds. The molecule has 3 heterocycles. The highest BCUT2D eigenvalue weighted by Crippen LogP contribution is 2.46. The predicted molar refractivity (Wildman–Crippen MR) is 138 cm³/mol. The molecule has 8 nitrogen and oxygen atoms in total. The van der Waals surface area contributed by atoms with E-state index in [1.807, 2.05) is 38.1 Å². The molecule has 1 unspecified atom stereocenters. The number of aromatic nitrogens is 1. The molecule has 1 fully saturated rings. The Morgan fingerprint density at radius 3 is 2.57 bits per heavy atom. The number of Topliss-reactive ketones (excluding diaryl/α,β-unsaturated/α-hetero) is 1. The number of aliphatic hydroxyl groups is 1. The average Bonchev–Trinajstić information content (AvgIpc) is 3.60. The fraction of sp³-hybridized carbons (Fsp3) is 0.172. The zero-order valence-electron chi connectivity index (χ0n) is 20.2. The van der Waals surface area contributed by atoms with Gasteiger partial charge in [-0.2, -0.15) is 0 Å². The Morgan fingerprint density at radius 2 is 1.78 bits per heavy atom. The molecule has 0 saturated carbocycles. The number of benzene rings is 3. The van der Waals surface area contributed by atoms with E-state index in [9.17, 15) is 14.7 Å². The van der Waals surface area contributed by atoms with Crippen LogP contribution in [0.15, 0.2) is 78.5 Å². The molecule has 0 aliphatic carbocycles. The molecule has 0 spiro atoms. The third-order valence-electron chi connectivity index (χ3n) is 6.49. The lowest BCUT2D eigenvalue weighted by Gasteiger charge is -2.25. The zero-order chi connectivity index (χ0) is 25.7. The summed E-state index contributed by atoms with van der Waals surface area (Å²) in [6, 6.07) is 18.6. The van der Waals surface area contributed by atoms with Gasteiger partial charge in [0.1, 0.15) is 11.5 Å². The number of carbonyl (C=O) groups is 2. The Morgan fingerprint density at radius 1 is 1.03 bits per heavy atom. The van der Waals surface area contributed by atoms with Crippen molar-refractivity contribution in [1.82, 2.24) is 4.98 Å². The van der Waals surface area contributed by atoms with Crippen LogP contribution in [0.4, 0.5) is 5.69 Å². The zero-order valence-corrected chi connectivity index (χ0v) is 20.2. The third-order valence-corrected chi connectivity index (χ3v) is 6.49. The van der Waals surface area contributed by atoms with Crippen LogP contribution in [0.1, 0.15) is 31.0 Å². The van der Waals surface area contributed by atoms with Gasteiger partial charge in [0.25, 0.3) is 11.7 Å². The van der Waals surface area contributed by atoms with E-state index < -0.39 is 17.7 Å². The molecule has 37 heavy (non-hydrogen) atoms. The maximum absolute atomic E-state index is 13.5. The van der Waals surface area contributed by atoms with Gasteiger partial charge in [-0.3, -0.25) is 14.5 Å². The second-order valence-electron chi connectivity index (χ2n) is 9.19. The van der Waals surface area contributed by atoms with Crippen molar-refractivity contribution in [2.75, 3.05) is 11.7 Å². The lowest BCUT2D eigenvalue weighted by atomic mass is 9.94. The van der Waals surface area contributed by atoms with Crippen molar-refractivity contribution in [3.63, 3.8) is 0 Å². The van der Waals surface area contributed by atoms with Crippen LogP contribution in [-0.4, -0.2) is 34.7 Å². The van der Waals surface area contributed by atoms with E-state index in [2.05, 4.69) is 4.98 Å². The van der Waals surface area contributed by atoms with Crippen LogP contribution in [0.2, 0.25) is 0 Å². The molecule has 1 aromatic heterocycles. The third kappa shape index (κ3) is 3.78. The van der Waals surface area contributed by atoms with Crippen molar-refractivity contribution in [2.24, 2.45) is 0 Å². The fourth-order valence-electron chi connectivity index (χ4n) is 4.87. The normalized spacial score (nSPS) is 18.2. The Labute approximate surface area is 212 Å². The molecule has 8 heteroatoms. The summed E-state index contributed by atoms with van der Waals surface area (Å²) in [5, 5.41) is 12.3. The minimum absolute atomic E-state index is 0.00458. The number of amides is 1. The van der Waals surface area contributed by atoms with Crippen molar-refractivity contribution < 1.29 is 28.9 Å². The lowest BCUT2D eigenvalue weighted by Crippen LogP contribution is -2.29. The maximum Gasteiger partial charge on any atom is 0.300 e. The Balaban J connectivity index is 1.53. The van der Waals surface area contributed by atoms with Gasteiger partial charge < -0.3 is 24.3 Å². The number of nitrogens with one attached hydrogen (secondary N) is 1. The molecular formula is C29H24N2O6. The van der Waals surface area contributed by atoms with E-state index in [0.29, 0.717) is 34.1 Å². The minimum atomic E-state index is -0.872. The summed E-state index contributed by atoms with van der Waals surface area (Å²) < 4.78 is 16.6. The predicted octanol–water partition coefficient (Wildman–Crippen LogP) is 5.31.